The maximum absolute atomic E-state index is 10.9. The molecule has 0 saturated carbocycles. The largest absolute Gasteiger partial charge is 0.452 e. The molecule has 0 radical (unpaired) electrons. The van der Waals surface area contributed by atoms with E-state index in [4.69, 9.17) is 5.73 Å². The first-order chi connectivity index (χ1) is 6.16. The first kappa shape index (κ1) is 7.94. The topological polar surface area (TPSA) is 87.4 Å². The Morgan fingerprint density at radius 1 is 1.46 bits per heavy atom. The number of amides is 2. The maximum Gasteiger partial charge on any atom is 0.452 e. The van der Waals surface area contributed by atoms with Gasteiger partial charge in [-0.2, -0.15) is 0 Å². The highest BCUT2D eigenvalue weighted by molar-refractivity contribution is 6.69. The van der Waals surface area contributed by atoms with Crippen LogP contribution in [0.15, 0.2) is 18.2 Å². The van der Waals surface area contributed by atoms with Crippen LogP contribution in [0, 0.1) is 0 Å². The number of carbonyl (C=O) groups is 1. The van der Waals surface area contributed by atoms with Crippen molar-refractivity contribution in [1.82, 2.24) is 5.23 Å². The van der Waals surface area contributed by atoms with Crippen molar-refractivity contribution in [2.75, 3.05) is 11.1 Å². The lowest BCUT2D eigenvalue weighted by Gasteiger charge is -2.20. The van der Waals surface area contributed by atoms with Gasteiger partial charge < -0.3 is 21.3 Å². The van der Waals surface area contributed by atoms with Crippen molar-refractivity contribution < 1.29 is 9.82 Å². The average Bonchev–Trinajstić information content (AvgIpc) is 2.06. The van der Waals surface area contributed by atoms with Crippen LogP contribution < -0.4 is 21.7 Å². The maximum atomic E-state index is 10.9. The summed E-state index contributed by atoms with van der Waals surface area (Å²) in [4.78, 5) is 10.9. The number of anilines is 2. The minimum atomic E-state index is -0.979. The summed E-state index contributed by atoms with van der Waals surface area (Å²) in [5, 5.41) is 14.3. The molecule has 0 aliphatic carbocycles. The standard InChI is InChI=1S/C7H8BN3O2/c9-4-1-2-6-5(3-4)8(13)11-7(12)10-6/h1-3,13H,9H2,(H2,10,11,12). The highest BCUT2D eigenvalue weighted by Crippen LogP contribution is 2.11. The molecule has 13 heavy (non-hydrogen) atoms. The van der Waals surface area contributed by atoms with E-state index in [0.29, 0.717) is 16.8 Å². The summed E-state index contributed by atoms with van der Waals surface area (Å²) in [7, 11) is -0.979. The molecule has 1 aliphatic heterocycles. The molecule has 2 rings (SSSR count). The molecule has 0 fully saturated rings. The van der Waals surface area contributed by atoms with Crippen LogP contribution >= 0.6 is 0 Å². The van der Waals surface area contributed by atoms with Crippen molar-refractivity contribution in [3.63, 3.8) is 0 Å². The van der Waals surface area contributed by atoms with E-state index in [0.717, 1.165) is 0 Å². The van der Waals surface area contributed by atoms with Gasteiger partial charge in [-0.3, -0.25) is 0 Å². The van der Waals surface area contributed by atoms with Gasteiger partial charge in [-0.15, -0.1) is 0 Å². The fourth-order valence-corrected chi connectivity index (χ4v) is 1.28. The summed E-state index contributed by atoms with van der Waals surface area (Å²) < 4.78 is 0. The van der Waals surface area contributed by atoms with Crippen LogP contribution in [0.4, 0.5) is 16.2 Å². The number of benzene rings is 1. The van der Waals surface area contributed by atoms with E-state index in [9.17, 15) is 9.82 Å². The summed E-state index contributed by atoms with van der Waals surface area (Å²) in [5.74, 6) is 0. The van der Waals surface area contributed by atoms with Gasteiger partial charge >= 0.3 is 13.1 Å². The minimum Gasteiger partial charge on any atom is -0.428 e. The highest BCUT2D eigenvalue weighted by atomic mass is 16.2. The molecule has 0 spiro atoms. The molecule has 0 saturated heterocycles. The molecule has 2 amide bonds. The monoisotopic (exact) mass is 177 g/mol. The van der Waals surface area contributed by atoms with Gasteiger partial charge in [0.25, 0.3) is 0 Å². The second-order valence-corrected chi connectivity index (χ2v) is 2.85. The lowest BCUT2D eigenvalue weighted by Crippen LogP contribution is -2.55. The Labute approximate surface area is 75.1 Å². The van der Waals surface area contributed by atoms with E-state index in [-0.39, 0.29) is 0 Å². The van der Waals surface area contributed by atoms with E-state index in [1.165, 1.54) is 0 Å². The van der Waals surface area contributed by atoms with E-state index in [2.05, 4.69) is 10.5 Å². The Kier molecular flexibility index (Phi) is 1.63. The minimum absolute atomic E-state index is 0.412. The second-order valence-electron chi connectivity index (χ2n) is 2.85. The Bertz CT molecular complexity index is 369. The van der Waals surface area contributed by atoms with Crippen molar-refractivity contribution in [2.24, 2.45) is 0 Å². The molecule has 1 aromatic carbocycles. The van der Waals surface area contributed by atoms with Crippen molar-refractivity contribution in [3.8, 4) is 0 Å². The summed E-state index contributed by atoms with van der Waals surface area (Å²) in [6.45, 7) is 0. The molecule has 1 aliphatic rings. The molecule has 1 aromatic rings. The number of hydrogen-bond acceptors (Lipinski definition) is 3. The smallest absolute Gasteiger partial charge is 0.428 e. The zero-order valence-electron chi connectivity index (χ0n) is 6.74. The molecule has 1 heterocycles. The molecular weight excluding hydrogens is 169 g/mol. The van der Waals surface area contributed by atoms with Crippen LogP contribution in [0.3, 0.4) is 0 Å². The van der Waals surface area contributed by atoms with E-state index >= 15 is 0 Å². The van der Waals surface area contributed by atoms with Gasteiger partial charge in [-0.25, -0.2) is 4.79 Å². The quantitative estimate of drug-likeness (QED) is 0.305. The zero-order chi connectivity index (χ0) is 9.42. The Morgan fingerprint density at radius 2 is 2.23 bits per heavy atom. The number of carbonyl (C=O) groups excluding carboxylic acids is 1. The van der Waals surface area contributed by atoms with Gasteiger partial charge in [0.1, 0.15) is 0 Å². The van der Waals surface area contributed by atoms with Gasteiger partial charge in [0.15, 0.2) is 0 Å². The number of nitrogens with two attached hydrogens (primary N) is 1. The van der Waals surface area contributed by atoms with Crippen molar-refractivity contribution in [3.05, 3.63) is 18.2 Å². The lowest BCUT2D eigenvalue weighted by atomic mass is 9.72. The van der Waals surface area contributed by atoms with Crippen molar-refractivity contribution in [1.29, 1.82) is 0 Å². The summed E-state index contributed by atoms with van der Waals surface area (Å²) >= 11 is 0. The number of fused-ring (bicyclic) bond motifs is 1. The van der Waals surface area contributed by atoms with E-state index in [1.54, 1.807) is 18.2 Å². The number of urea groups is 1. The highest BCUT2D eigenvalue weighted by Gasteiger charge is 2.27. The Balaban J connectivity index is 2.49. The number of hydrogen-bond donors (Lipinski definition) is 4. The number of nitrogen functional groups attached to an aromatic ring is 1. The Morgan fingerprint density at radius 3 is 3.00 bits per heavy atom. The third kappa shape index (κ3) is 1.31. The molecule has 0 unspecified atom stereocenters. The van der Waals surface area contributed by atoms with Crippen LogP contribution in [-0.2, 0) is 0 Å². The molecular formula is C7H8BN3O2. The summed E-state index contributed by atoms with van der Waals surface area (Å²) in [5.41, 5.74) is 7.25. The van der Waals surface area contributed by atoms with E-state index < -0.39 is 13.1 Å². The fraction of sp³-hybridized carbons (Fsp3) is 0. The molecule has 5 N–H and O–H groups in total. The summed E-state index contributed by atoms with van der Waals surface area (Å²) in [6, 6.07) is 4.53. The summed E-state index contributed by atoms with van der Waals surface area (Å²) in [6.07, 6.45) is 0. The lowest BCUT2D eigenvalue weighted by molar-refractivity contribution is 0.255. The van der Waals surface area contributed by atoms with Crippen LogP contribution in [0.2, 0.25) is 0 Å². The number of rotatable bonds is 0. The molecule has 5 nitrogen and oxygen atoms in total. The number of nitrogens with one attached hydrogen (secondary N) is 2. The van der Waals surface area contributed by atoms with Crippen LogP contribution in [0.1, 0.15) is 0 Å². The first-order valence-corrected chi connectivity index (χ1v) is 3.82. The predicted molar refractivity (Wildman–Crippen MR) is 50.6 cm³/mol. The fourth-order valence-electron chi connectivity index (χ4n) is 1.28. The van der Waals surface area contributed by atoms with Gasteiger partial charge in [-0.1, -0.05) is 0 Å². The SMILES string of the molecule is Nc1ccc2c(c1)B(O)NC(=O)N2. The van der Waals surface area contributed by atoms with E-state index in [1.807, 2.05) is 0 Å². The molecule has 0 aromatic heterocycles. The molecule has 6 heteroatoms. The van der Waals surface area contributed by atoms with Crippen LogP contribution in [-0.4, -0.2) is 18.1 Å². The van der Waals surface area contributed by atoms with Gasteiger partial charge in [-0.05, 0) is 18.2 Å². The Hall–Kier alpha value is -1.69. The third-order valence-corrected chi connectivity index (χ3v) is 1.89. The zero-order valence-corrected chi connectivity index (χ0v) is 6.74. The van der Waals surface area contributed by atoms with Crippen molar-refractivity contribution >= 4 is 29.9 Å². The third-order valence-electron chi connectivity index (χ3n) is 1.89. The van der Waals surface area contributed by atoms with Crippen molar-refractivity contribution in [2.45, 2.75) is 0 Å². The normalized spacial score (nSPS) is 14.5. The van der Waals surface area contributed by atoms with Crippen LogP contribution in [0.25, 0.3) is 0 Å². The second kappa shape index (κ2) is 2.67. The first-order valence-electron chi connectivity index (χ1n) is 3.82. The van der Waals surface area contributed by atoms with Crippen LogP contribution in [0.5, 0.6) is 0 Å². The average molecular weight is 177 g/mol. The van der Waals surface area contributed by atoms with Gasteiger partial charge in [0.05, 0.1) is 0 Å². The molecule has 0 atom stereocenters. The molecule has 0 bridgehead atoms. The van der Waals surface area contributed by atoms with Gasteiger partial charge in [0, 0.05) is 16.8 Å². The van der Waals surface area contributed by atoms with Gasteiger partial charge in [0.2, 0.25) is 0 Å². The molecule has 66 valence electrons. The predicted octanol–water partition coefficient (Wildman–Crippen LogP) is -0.909.